The summed E-state index contributed by atoms with van der Waals surface area (Å²) in [6, 6.07) is 0. The predicted octanol–water partition coefficient (Wildman–Crippen LogP) is 1.02. The quantitative estimate of drug-likeness (QED) is 0.535. The first kappa shape index (κ1) is 7.63. The highest BCUT2D eigenvalue weighted by molar-refractivity contribution is 5.25. The molecule has 0 fully saturated rings. The van der Waals surface area contributed by atoms with Crippen LogP contribution in [0.3, 0.4) is 0 Å². The summed E-state index contributed by atoms with van der Waals surface area (Å²) in [5.41, 5.74) is 5.19. The monoisotopic (exact) mass is 114 g/mol. The minimum absolute atomic E-state index is 0.361. The second-order valence-electron chi connectivity index (χ2n) is 2.54. The predicted molar refractivity (Wildman–Crippen MR) is 37.0 cm³/mol. The van der Waals surface area contributed by atoms with Gasteiger partial charge in [-0.25, -0.2) is 0 Å². The molecule has 8 heavy (non-hydrogen) atoms. The second kappa shape index (κ2) is 2.27. The molecule has 0 aromatic rings. The molecule has 0 saturated carbocycles. The Morgan fingerprint density at radius 3 is 2.00 bits per heavy atom. The van der Waals surface area contributed by atoms with E-state index in [1.807, 2.05) is 20.8 Å². The summed E-state index contributed by atoms with van der Waals surface area (Å²) in [4.78, 5) is 3.75. The number of hydrogen-bond donors (Lipinski definition) is 1. The van der Waals surface area contributed by atoms with Crippen molar-refractivity contribution in [1.29, 1.82) is 0 Å². The summed E-state index contributed by atoms with van der Waals surface area (Å²) in [6.07, 6.45) is 0. The van der Waals surface area contributed by atoms with Crippen LogP contribution in [0.1, 0.15) is 20.8 Å². The Morgan fingerprint density at radius 1 is 1.62 bits per heavy atom. The van der Waals surface area contributed by atoms with E-state index in [0.29, 0.717) is 5.92 Å². The van der Waals surface area contributed by atoms with E-state index < -0.39 is 5.66 Å². The molecular weight excluding hydrogens is 100 g/mol. The van der Waals surface area contributed by atoms with Gasteiger partial charge in [-0.3, -0.25) is 4.99 Å². The molecule has 0 amide bonds. The average Bonchev–Trinajstić information content (AvgIpc) is 1.67. The molecule has 0 aromatic heterocycles. The van der Waals surface area contributed by atoms with Crippen molar-refractivity contribution in [2.24, 2.45) is 16.6 Å². The number of rotatable bonds is 2. The van der Waals surface area contributed by atoms with Gasteiger partial charge < -0.3 is 5.73 Å². The van der Waals surface area contributed by atoms with Crippen molar-refractivity contribution >= 4 is 6.72 Å². The molecule has 1 atom stereocenters. The van der Waals surface area contributed by atoms with Gasteiger partial charge in [0, 0.05) is 0 Å². The minimum atomic E-state index is -0.444. The second-order valence-corrected chi connectivity index (χ2v) is 2.54. The largest absolute Gasteiger partial charge is 0.307 e. The third-order valence-electron chi connectivity index (χ3n) is 1.51. The van der Waals surface area contributed by atoms with E-state index in [4.69, 9.17) is 5.73 Å². The van der Waals surface area contributed by atoms with Gasteiger partial charge in [0.25, 0.3) is 0 Å². The van der Waals surface area contributed by atoms with Gasteiger partial charge in [-0.15, -0.1) is 0 Å². The van der Waals surface area contributed by atoms with Crippen LogP contribution in [0.25, 0.3) is 0 Å². The molecule has 2 nitrogen and oxygen atoms in total. The lowest BCUT2D eigenvalue weighted by Gasteiger charge is -2.22. The van der Waals surface area contributed by atoms with Crippen molar-refractivity contribution < 1.29 is 0 Å². The molecule has 48 valence electrons. The molecule has 0 spiro atoms. The third-order valence-corrected chi connectivity index (χ3v) is 1.51. The number of hydrogen-bond acceptors (Lipinski definition) is 2. The third kappa shape index (κ3) is 1.62. The van der Waals surface area contributed by atoms with Gasteiger partial charge in [0.2, 0.25) is 0 Å². The summed E-state index contributed by atoms with van der Waals surface area (Å²) in [5.74, 6) is 0.361. The van der Waals surface area contributed by atoms with E-state index in [-0.39, 0.29) is 0 Å². The molecule has 0 bridgehead atoms. The minimum Gasteiger partial charge on any atom is -0.307 e. The summed E-state index contributed by atoms with van der Waals surface area (Å²) in [5, 5.41) is 0. The molecule has 0 aliphatic carbocycles. The smallest absolute Gasteiger partial charge is 0.106 e. The Labute approximate surface area is 50.8 Å². The maximum Gasteiger partial charge on any atom is 0.106 e. The van der Waals surface area contributed by atoms with Gasteiger partial charge in [0.1, 0.15) is 5.66 Å². The first-order valence-corrected chi connectivity index (χ1v) is 2.77. The van der Waals surface area contributed by atoms with E-state index >= 15 is 0 Å². The molecule has 0 aromatic carbocycles. The van der Waals surface area contributed by atoms with Crippen LogP contribution >= 0.6 is 0 Å². The molecular formula is C6H14N2. The molecule has 0 heterocycles. The zero-order valence-corrected chi connectivity index (χ0v) is 5.81. The maximum absolute atomic E-state index is 5.63. The maximum atomic E-state index is 5.63. The SMILES string of the molecule is C=NC(C)(N)C(C)C. The summed E-state index contributed by atoms with van der Waals surface area (Å²) in [6.45, 7) is 9.29. The lowest BCUT2D eigenvalue weighted by molar-refractivity contribution is 0.358. The molecule has 2 heteroatoms. The number of nitrogens with zero attached hydrogens (tertiary/aromatic N) is 1. The molecule has 0 rings (SSSR count). The standard InChI is InChI=1S/C6H14N2/c1-5(2)6(3,7)8-4/h5H,4,7H2,1-3H3. The van der Waals surface area contributed by atoms with Crippen LogP contribution in [0.15, 0.2) is 4.99 Å². The first-order valence-electron chi connectivity index (χ1n) is 2.77. The summed E-state index contributed by atoms with van der Waals surface area (Å²) < 4.78 is 0. The van der Waals surface area contributed by atoms with Crippen LogP contribution in [-0.2, 0) is 0 Å². The van der Waals surface area contributed by atoms with Crippen molar-refractivity contribution in [2.45, 2.75) is 26.4 Å². The fourth-order valence-electron chi connectivity index (χ4n) is 0.183. The highest BCUT2D eigenvalue weighted by atomic mass is 15.0. The Morgan fingerprint density at radius 2 is 2.00 bits per heavy atom. The van der Waals surface area contributed by atoms with E-state index in [9.17, 15) is 0 Å². The van der Waals surface area contributed by atoms with Gasteiger partial charge in [0.05, 0.1) is 0 Å². The van der Waals surface area contributed by atoms with E-state index in [2.05, 4.69) is 11.7 Å². The van der Waals surface area contributed by atoms with E-state index in [1.165, 1.54) is 0 Å². The normalized spacial score (nSPS) is 18.1. The van der Waals surface area contributed by atoms with Crippen LogP contribution in [-0.4, -0.2) is 12.4 Å². The van der Waals surface area contributed by atoms with Gasteiger partial charge in [-0.2, -0.15) is 0 Å². The van der Waals surface area contributed by atoms with Gasteiger partial charge >= 0.3 is 0 Å². The highest BCUT2D eigenvalue weighted by Gasteiger charge is 2.18. The highest BCUT2D eigenvalue weighted by Crippen LogP contribution is 2.12. The first-order chi connectivity index (χ1) is 3.50. The van der Waals surface area contributed by atoms with Crippen LogP contribution in [0.5, 0.6) is 0 Å². The van der Waals surface area contributed by atoms with Crippen LogP contribution in [0.2, 0.25) is 0 Å². The van der Waals surface area contributed by atoms with Crippen molar-refractivity contribution in [3.8, 4) is 0 Å². The molecule has 0 radical (unpaired) electrons. The van der Waals surface area contributed by atoms with Crippen LogP contribution in [0.4, 0.5) is 0 Å². The van der Waals surface area contributed by atoms with Gasteiger partial charge in [-0.05, 0) is 19.6 Å². The van der Waals surface area contributed by atoms with Crippen LogP contribution in [0, 0.1) is 5.92 Å². The average molecular weight is 114 g/mol. The van der Waals surface area contributed by atoms with Crippen LogP contribution < -0.4 is 5.73 Å². The van der Waals surface area contributed by atoms with Crippen molar-refractivity contribution in [3.63, 3.8) is 0 Å². The molecule has 0 saturated heterocycles. The van der Waals surface area contributed by atoms with Crippen molar-refractivity contribution in [2.75, 3.05) is 0 Å². The Bertz CT molecular complexity index is 84.5. The Balaban J connectivity index is 3.90. The number of nitrogens with two attached hydrogens (primary N) is 1. The summed E-state index contributed by atoms with van der Waals surface area (Å²) >= 11 is 0. The lowest BCUT2D eigenvalue weighted by atomic mass is 10.0. The molecule has 1 unspecified atom stereocenters. The molecule has 2 N–H and O–H groups in total. The number of aliphatic imine (C=N–C) groups is 1. The molecule has 0 aliphatic rings. The molecule has 0 aliphatic heterocycles. The topological polar surface area (TPSA) is 38.4 Å². The van der Waals surface area contributed by atoms with E-state index in [0.717, 1.165) is 0 Å². The van der Waals surface area contributed by atoms with Gasteiger partial charge in [0.15, 0.2) is 0 Å². The zero-order chi connectivity index (χ0) is 6.78. The Kier molecular flexibility index (Phi) is 2.16. The van der Waals surface area contributed by atoms with Gasteiger partial charge in [-0.1, -0.05) is 13.8 Å². The zero-order valence-electron chi connectivity index (χ0n) is 5.81. The van der Waals surface area contributed by atoms with E-state index in [1.54, 1.807) is 0 Å². The lowest BCUT2D eigenvalue weighted by Crippen LogP contribution is -2.39. The van der Waals surface area contributed by atoms with Crippen molar-refractivity contribution in [1.82, 2.24) is 0 Å². The Hall–Kier alpha value is -0.370. The fourth-order valence-corrected chi connectivity index (χ4v) is 0.183. The summed E-state index contributed by atoms with van der Waals surface area (Å²) in [7, 11) is 0. The fraction of sp³-hybridized carbons (Fsp3) is 0.833. The van der Waals surface area contributed by atoms with Crippen molar-refractivity contribution in [3.05, 3.63) is 0 Å².